The molecule has 0 saturated heterocycles. The Morgan fingerprint density at radius 3 is 1.02 bits per heavy atom. The van der Waals surface area contributed by atoms with Gasteiger partial charge in [-0.15, -0.1) is 0 Å². The molecule has 6 aromatic carbocycles. The molecule has 8 rings (SSSR count). The van der Waals surface area contributed by atoms with Gasteiger partial charge in [0.2, 0.25) is 11.8 Å². The average molecular weight is 1440 g/mol. The van der Waals surface area contributed by atoms with Crippen LogP contribution in [0.3, 0.4) is 0 Å². The van der Waals surface area contributed by atoms with E-state index in [1.807, 2.05) is 0 Å². The van der Waals surface area contributed by atoms with Crippen LogP contribution in [0.2, 0.25) is 0 Å². The van der Waals surface area contributed by atoms with Crippen molar-refractivity contribution in [1.82, 2.24) is 0 Å². The monoisotopic (exact) mass is 1440 g/mol. The van der Waals surface area contributed by atoms with E-state index in [0.717, 1.165) is 72.8 Å². The van der Waals surface area contributed by atoms with Gasteiger partial charge >= 0.3 is 11.9 Å². The lowest BCUT2D eigenvalue weighted by Crippen LogP contribution is -2.30. The molecule has 6 aromatic rings. The Kier molecular flexibility index (Phi) is 20.0. The van der Waals surface area contributed by atoms with Crippen molar-refractivity contribution >= 4 is 166 Å². The molecule has 0 spiro atoms. The zero-order chi connectivity index (χ0) is 70.9. The maximum atomic E-state index is 13.5. The van der Waals surface area contributed by atoms with Gasteiger partial charge in [-0.1, -0.05) is 48.6 Å². The molecule has 2 aliphatic rings. The highest BCUT2D eigenvalue weighted by Crippen LogP contribution is 2.36. The van der Waals surface area contributed by atoms with Crippen LogP contribution in [-0.2, 0) is 79.9 Å². The summed E-state index contributed by atoms with van der Waals surface area (Å²) >= 11 is 0. The molecule has 96 heavy (non-hydrogen) atoms. The highest BCUT2D eigenvalue weighted by molar-refractivity contribution is 7.87. The van der Waals surface area contributed by atoms with Crippen LogP contribution < -0.4 is 20.7 Å². The predicted octanol–water partition coefficient (Wildman–Crippen LogP) is 5.79. The average Bonchev–Trinajstić information content (AvgIpc) is 1.59. The third kappa shape index (κ3) is 16.6. The first-order valence-electron chi connectivity index (χ1n) is 25.9. The summed E-state index contributed by atoms with van der Waals surface area (Å²) in [7, 11) is -30.4. The summed E-state index contributed by atoms with van der Waals surface area (Å²) < 4.78 is 206. The van der Waals surface area contributed by atoms with E-state index in [1.165, 1.54) is 62.4 Å². The maximum absolute atomic E-state index is 13.5. The van der Waals surface area contributed by atoms with Crippen molar-refractivity contribution < 1.29 is 117 Å². The Morgan fingerprint density at radius 1 is 0.427 bits per heavy atom. The van der Waals surface area contributed by atoms with Crippen LogP contribution in [0.25, 0.3) is 24.3 Å². The third-order valence-electron chi connectivity index (χ3n) is 13.1. The largest absolute Gasteiger partial charge is 0.478 e. The molecule has 2 heterocycles. The lowest BCUT2D eigenvalue weighted by atomic mass is 10.1. The van der Waals surface area contributed by atoms with Gasteiger partial charge in [0.25, 0.3) is 72.5 Å². The number of carboxylic acids is 2. The minimum atomic E-state index is -5.19. The van der Waals surface area contributed by atoms with Gasteiger partial charge in [0.1, 0.15) is 19.6 Å². The fourth-order valence-corrected chi connectivity index (χ4v) is 12.5. The third-order valence-corrected chi connectivity index (χ3v) is 18.4. The summed E-state index contributed by atoms with van der Waals surface area (Å²) in [5, 5.41) is 47.6. The molecule has 0 aliphatic carbocycles. The van der Waals surface area contributed by atoms with Crippen LogP contribution >= 0.6 is 0 Å². The normalized spacial score (nSPS) is 16.0. The number of nitrogens with zero attached hydrogens (tertiary/aromatic N) is 8. The number of hydrogen-bond donors (Lipinski definition) is 10. The molecule has 2 atom stereocenters. The van der Waals surface area contributed by atoms with Gasteiger partial charge in [0, 0.05) is 12.2 Å². The fourth-order valence-electron chi connectivity index (χ4n) is 8.67. The summed E-state index contributed by atoms with van der Waals surface area (Å²) in [6, 6.07) is 13.7. The molecule has 0 radical (unpaired) electrons. The van der Waals surface area contributed by atoms with Gasteiger partial charge in [-0.25, -0.2) is 9.59 Å². The zero-order valence-corrected chi connectivity index (χ0v) is 52.9. The quantitative estimate of drug-likeness (QED) is 0.0166. The summed E-state index contributed by atoms with van der Waals surface area (Å²) in [5.74, 6) is -7.87. The van der Waals surface area contributed by atoms with Crippen molar-refractivity contribution in [2.45, 2.75) is 55.3 Å². The van der Waals surface area contributed by atoms with E-state index in [4.69, 9.17) is 0 Å². The van der Waals surface area contributed by atoms with Gasteiger partial charge in [0.05, 0.1) is 66.5 Å². The van der Waals surface area contributed by atoms with Crippen molar-refractivity contribution in [2.75, 3.05) is 20.7 Å². The molecule has 0 aromatic heterocycles. The molecule has 0 saturated carbocycles. The van der Waals surface area contributed by atoms with E-state index in [1.54, 1.807) is 0 Å². The molecule has 2 unspecified atom stereocenters. The Morgan fingerprint density at radius 2 is 0.729 bits per heavy atom. The van der Waals surface area contributed by atoms with Crippen molar-refractivity contribution in [3.63, 3.8) is 0 Å². The number of carbonyl (C=O) groups is 6. The van der Waals surface area contributed by atoms with Gasteiger partial charge in [0.15, 0.2) is 12.1 Å². The highest BCUT2D eigenvalue weighted by atomic mass is 32.2. The smallest absolute Gasteiger partial charge is 0.338 e. The number of azo groups is 2. The van der Waals surface area contributed by atoms with Crippen LogP contribution in [0, 0.1) is 0 Å². The Bertz CT molecular complexity index is 5010. The summed E-state index contributed by atoms with van der Waals surface area (Å²) in [4.78, 5) is 71.5. The molecule has 10 N–H and O–H groups in total. The number of benzene rings is 6. The number of anilines is 4. The molecular formula is C54H42N10O26S6. The second-order valence-corrected chi connectivity index (χ2v) is 28.2. The maximum Gasteiger partial charge on any atom is 0.338 e. The lowest BCUT2D eigenvalue weighted by molar-refractivity contribution is -0.118. The predicted molar refractivity (Wildman–Crippen MR) is 334 cm³/mol. The highest BCUT2D eigenvalue weighted by Gasteiger charge is 2.39. The van der Waals surface area contributed by atoms with Crippen LogP contribution in [0.15, 0.2) is 181 Å². The van der Waals surface area contributed by atoms with Gasteiger partial charge in [-0.3, -0.25) is 46.5 Å². The van der Waals surface area contributed by atoms with Crippen LogP contribution in [0.5, 0.6) is 0 Å². The zero-order valence-electron chi connectivity index (χ0n) is 48.0. The number of rotatable bonds is 22. The Hall–Kier alpha value is -10.6. The van der Waals surface area contributed by atoms with Crippen molar-refractivity contribution in [3.05, 3.63) is 155 Å². The van der Waals surface area contributed by atoms with Crippen molar-refractivity contribution in [3.8, 4) is 0 Å². The molecule has 0 bridgehead atoms. The van der Waals surface area contributed by atoms with Crippen LogP contribution in [0.1, 0.15) is 56.8 Å². The van der Waals surface area contributed by atoms with Crippen molar-refractivity contribution in [2.24, 2.45) is 30.7 Å². The summed E-state index contributed by atoms with van der Waals surface area (Å²) in [5.41, 5.74) is -4.80. The Labute approximate surface area is 541 Å². The molecule has 500 valence electrons. The van der Waals surface area contributed by atoms with E-state index in [2.05, 4.69) is 41.3 Å². The summed E-state index contributed by atoms with van der Waals surface area (Å²) in [6.07, 6.45) is 5.87. The number of carbonyl (C=O) groups excluding carboxylic acids is 4. The number of hydrazone groups is 2. The summed E-state index contributed by atoms with van der Waals surface area (Å²) in [6.45, 7) is 2.55. The molecule has 4 amide bonds. The number of hydrogen-bond acceptors (Lipinski definition) is 24. The number of aromatic carboxylic acids is 2. The second kappa shape index (κ2) is 27.0. The SMILES string of the molecule is CC1=NN(c2ccc(C=Cc3ccc(NC(=O)/C=C/C(=O)Nc4ccc(/C=C/c5ccc(N6N=C(C)C(N=Nc7ccc(S(=O)(=O)O)cc7C(=O)O)C6=O)c(S(=O)(=O)O)c5)cc4S(=O)(=O)O)c(S(=O)(=O)O)c3)cc2S(=O)(=O)O)C(=O)C1N=Nc1ccc(S(=O)(=O)O)cc1C(=O)O. The lowest BCUT2D eigenvalue weighted by Gasteiger charge is -2.16. The Balaban J connectivity index is 0.931. The van der Waals surface area contributed by atoms with E-state index in [9.17, 15) is 117 Å². The standard InChI is InChI=1S/C54H42N10O26S6/c1-27-49(59-57-37-15-11-33(91(73,74)75)25-35(37)53(69)70)51(67)63(61-27)41-17-9-31(23-45(41)95(85,86)87)5-3-29-7-13-39(43(21-29)93(79,80)81)55-47(65)19-20-48(66)56-40-14-8-30(22-44(40)94(82,83)84)4-6-32-10-18-42(46(24-32)96(88,89)90)64-52(68)50(28(2)62-64)60-58-38-16-12-34(92(76,77)78)26-36(38)54(71)72/h3-26,49-50H,1-2H3,(H,55,65)(H,56,66)(H,69,70)(H,71,72)(H,73,74,75)(H,76,77,78)(H,79,80,81)(H,82,83,84)(H,85,86,87)(H,88,89,90)/b5-3+,6-4?,20-19+,59-57?,60-58?. The fraction of sp³-hybridized carbons (Fsp3) is 0.0741. The minimum absolute atomic E-state index is 0.0155. The number of amides is 4. The number of carboxylic acid groups (broad SMARTS) is 2. The van der Waals surface area contributed by atoms with E-state index < -0.39 is 183 Å². The van der Waals surface area contributed by atoms with Crippen LogP contribution in [0.4, 0.5) is 34.1 Å². The molecule has 42 heteroatoms. The minimum Gasteiger partial charge on any atom is -0.478 e. The van der Waals surface area contributed by atoms with E-state index >= 15 is 0 Å². The molecular weight excluding hydrogens is 1400 g/mol. The molecule has 0 fully saturated rings. The van der Waals surface area contributed by atoms with E-state index in [0.29, 0.717) is 34.3 Å². The van der Waals surface area contributed by atoms with Crippen LogP contribution in [-0.4, -0.2) is 147 Å². The van der Waals surface area contributed by atoms with Crippen molar-refractivity contribution in [1.29, 1.82) is 0 Å². The molecule has 2 aliphatic heterocycles. The van der Waals surface area contributed by atoms with Gasteiger partial charge < -0.3 is 20.8 Å². The van der Waals surface area contributed by atoms with Gasteiger partial charge in [-0.2, -0.15) is 91.2 Å². The first-order chi connectivity index (χ1) is 44.5. The number of nitrogens with one attached hydrogen (secondary N) is 2. The topological polar surface area (TPSA) is 574 Å². The van der Waals surface area contributed by atoms with Gasteiger partial charge in [-0.05, 0) is 121 Å². The second-order valence-electron chi connectivity index (χ2n) is 19.8. The molecule has 36 nitrogen and oxygen atoms in total. The first-order valence-corrected chi connectivity index (χ1v) is 34.6. The van der Waals surface area contributed by atoms with E-state index in [-0.39, 0.29) is 33.7 Å². The first kappa shape index (κ1) is 71.2.